The molecule has 0 spiro atoms. The Balaban J connectivity index is 1.70. The van der Waals surface area contributed by atoms with Crippen LogP contribution in [0.2, 0.25) is 5.02 Å². The highest BCUT2D eigenvalue weighted by atomic mass is 35.5. The molecule has 9 heteroatoms. The van der Waals surface area contributed by atoms with E-state index in [0.29, 0.717) is 12.2 Å². The lowest BCUT2D eigenvalue weighted by atomic mass is 10.1. The maximum absolute atomic E-state index is 14.1. The Hall–Kier alpha value is -2.48. The van der Waals surface area contributed by atoms with E-state index in [1.807, 2.05) is 4.90 Å². The van der Waals surface area contributed by atoms with Crippen molar-refractivity contribution >= 4 is 23.3 Å². The van der Waals surface area contributed by atoms with E-state index in [2.05, 4.69) is 4.74 Å². The summed E-state index contributed by atoms with van der Waals surface area (Å²) in [5.41, 5.74) is -0.347. The summed E-state index contributed by atoms with van der Waals surface area (Å²) in [6, 6.07) is 7.00. The van der Waals surface area contributed by atoms with Crippen LogP contribution >= 0.6 is 11.6 Å². The van der Waals surface area contributed by atoms with Crippen molar-refractivity contribution in [3.63, 3.8) is 0 Å². The average molecular weight is 432 g/mol. The number of benzene rings is 2. The van der Waals surface area contributed by atoms with E-state index in [1.165, 1.54) is 12.1 Å². The van der Waals surface area contributed by atoms with Crippen molar-refractivity contribution < 1.29 is 31.8 Å². The molecule has 0 aromatic heterocycles. The van der Waals surface area contributed by atoms with E-state index >= 15 is 0 Å². The average Bonchev–Trinajstić information content (AvgIpc) is 3.15. The third kappa shape index (κ3) is 4.75. The molecule has 2 aromatic rings. The van der Waals surface area contributed by atoms with Gasteiger partial charge in [0.25, 0.3) is 0 Å². The lowest BCUT2D eigenvalue weighted by Gasteiger charge is -2.27. The van der Waals surface area contributed by atoms with Crippen LogP contribution in [0.4, 0.5) is 23.2 Å². The molecule has 1 saturated heterocycles. The van der Waals surface area contributed by atoms with Gasteiger partial charge in [-0.1, -0.05) is 11.6 Å². The molecule has 0 radical (unpaired) electrons. The van der Waals surface area contributed by atoms with E-state index in [9.17, 15) is 22.4 Å². The summed E-state index contributed by atoms with van der Waals surface area (Å²) < 4.78 is 62.5. The molecule has 29 heavy (non-hydrogen) atoms. The molecule has 1 aliphatic rings. The second-order valence-electron chi connectivity index (χ2n) is 6.60. The summed E-state index contributed by atoms with van der Waals surface area (Å²) in [6.07, 6.45) is -2.77. The Morgan fingerprint density at radius 1 is 1.24 bits per heavy atom. The SMILES string of the molecule is COC(=O)c1cc(Cl)c(OC[C@H]2CCCN2c2ccc(C(F)(F)F)cc2)cc1F. The molecular formula is C20H18ClF4NO3. The molecule has 0 amide bonds. The zero-order valence-corrected chi connectivity index (χ0v) is 16.2. The van der Waals surface area contributed by atoms with Gasteiger partial charge in [0.2, 0.25) is 0 Å². The standard InChI is InChI=1S/C20H18ClF4NO3/c1-28-19(27)15-9-16(21)18(10-17(15)22)29-11-14-3-2-8-26(14)13-6-4-12(5-7-13)20(23,24)25/h4-7,9-10,14H,2-3,8,11H2,1H3/t14-/m1/s1. The fourth-order valence-electron chi connectivity index (χ4n) is 3.28. The molecule has 1 atom stereocenters. The Morgan fingerprint density at radius 2 is 1.93 bits per heavy atom. The van der Waals surface area contributed by atoms with Crippen LogP contribution in [-0.4, -0.2) is 32.3 Å². The predicted molar refractivity (Wildman–Crippen MR) is 100 cm³/mol. The maximum atomic E-state index is 14.1. The summed E-state index contributed by atoms with van der Waals surface area (Å²) in [5, 5.41) is 0.0610. The minimum Gasteiger partial charge on any atom is -0.490 e. The first-order valence-corrected chi connectivity index (χ1v) is 9.22. The van der Waals surface area contributed by atoms with Crippen LogP contribution in [0.25, 0.3) is 0 Å². The Labute approximate surface area is 170 Å². The monoisotopic (exact) mass is 431 g/mol. The quantitative estimate of drug-likeness (QED) is 0.473. The van der Waals surface area contributed by atoms with Crippen LogP contribution in [0.15, 0.2) is 36.4 Å². The largest absolute Gasteiger partial charge is 0.490 e. The van der Waals surface area contributed by atoms with Crippen molar-refractivity contribution in [3.8, 4) is 5.75 Å². The van der Waals surface area contributed by atoms with E-state index in [1.54, 1.807) is 0 Å². The number of rotatable bonds is 5. The van der Waals surface area contributed by atoms with Gasteiger partial charge in [0.05, 0.1) is 29.3 Å². The first kappa shape index (κ1) is 21.2. The first-order chi connectivity index (χ1) is 13.7. The van der Waals surface area contributed by atoms with Gasteiger partial charge in [0, 0.05) is 18.3 Å². The topological polar surface area (TPSA) is 38.8 Å². The summed E-state index contributed by atoms with van der Waals surface area (Å²) in [5.74, 6) is -1.58. The van der Waals surface area contributed by atoms with Gasteiger partial charge in [-0.15, -0.1) is 0 Å². The number of ether oxygens (including phenoxy) is 2. The molecule has 1 fully saturated rings. The first-order valence-electron chi connectivity index (χ1n) is 8.84. The molecule has 2 aromatic carbocycles. The number of nitrogens with zero attached hydrogens (tertiary/aromatic N) is 1. The molecule has 1 aliphatic heterocycles. The molecule has 3 rings (SSSR count). The number of esters is 1. The third-order valence-electron chi connectivity index (χ3n) is 4.76. The number of hydrogen-bond donors (Lipinski definition) is 0. The Morgan fingerprint density at radius 3 is 2.55 bits per heavy atom. The summed E-state index contributed by atoms with van der Waals surface area (Å²) in [4.78, 5) is 13.5. The Bertz CT molecular complexity index is 887. The van der Waals surface area contributed by atoms with E-state index in [4.69, 9.17) is 16.3 Å². The highest BCUT2D eigenvalue weighted by molar-refractivity contribution is 6.32. The highest BCUT2D eigenvalue weighted by Crippen LogP contribution is 2.33. The Kier molecular flexibility index (Phi) is 6.21. The molecular weight excluding hydrogens is 414 g/mol. The van der Waals surface area contributed by atoms with Gasteiger partial charge in [0.15, 0.2) is 0 Å². The number of hydrogen-bond acceptors (Lipinski definition) is 4. The second-order valence-corrected chi connectivity index (χ2v) is 7.01. The molecule has 0 N–H and O–H groups in total. The van der Waals surface area contributed by atoms with Gasteiger partial charge in [-0.2, -0.15) is 13.2 Å². The van der Waals surface area contributed by atoms with Crippen molar-refractivity contribution in [2.75, 3.05) is 25.2 Å². The van der Waals surface area contributed by atoms with Crippen molar-refractivity contribution in [2.24, 2.45) is 0 Å². The molecule has 0 saturated carbocycles. The summed E-state index contributed by atoms with van der Waals surface area (Å²) >= 11 is 6.08. The van der Waals surface area contributed by atoms with Crippen LogP contribution in [0.5, 0.6) is 5.75 Å². The molecule has 1 heterocycles. The number of carbonyl (C=O) groups excluding carboxylic acids is 1. The van der Waals surface area contributed by atoms with Crippen LogP contribution in [0, 0.1) is 5.82 Å². The van der Waals surface area contributed by atoms with Crippen molar-refractivity contribution in [1.82, 2.24) is 0 Å². The van der Waals surface area contributed by atoms with E-state index < -0.39 is 23.5 Å². The van der Waals surface area contributed by atoms with Crippen molar-refractivity contribution in [1.29, 1.82) is 0 Å². The van der Waals surface area contributed by atoms with Crippen LogP contribution in [0.3, 0.4) is 0 Å². The predicted octanol–water partition coefficient (Wildman–Crippen LogP) is 5.33. The molecule has 4 nitrogen and oxygen atoms in total. The third-order valence-corrected chi connectivity index (χ3v) is 5.06. The second kappa shape index (κ2) is 8.49. The summed E-state index contributed by atoms with van der Waals surface area (Å²) in [7, 11) is 1.13. The van der Waals surface area contributed by atoms with Crippen LogP contribution < -0.4 is 9.64 Å². The van der Waals surface area contributed by atoms with Gasteiger partial charge in [-0.05, 0) is 43.2 Å². The summed E-state index contributed by atoms with van der Waals surface area (Å²) in [6.45, 7) is 0.834. The molecule has 156 valence electrons. The minimum atomic E-state index is -4.39. The van der Waals surface area contributed by atoms with Gasteiger partial charge >= 0.3 is 12.1 Å². The smallest absolute Gasteiger partial charge is 0.416 e. The molecule has 0 bridgehead atoms. The van der Waals surface area contributed by atoms with E-state index in [0.717, 1.165) is 44.2 Å². The zero-order valence-electron chi connectivity index (χ0n) is 15.4. The van der Waals surface area contributed by atoms with E-state index in [-0.39, 0.29) is 29.0 Å². The normalized spacial score (nSPS) is 16.8. The number of methoxy groups -OCH3 is 1. The minimum absolute atomic E-state index is 0.0610. The maximum Gasteiger partial charge on any atom is 0.416 e. The molecule has 0 unspecified atom stereocenters. The molecule has 0 aliphatic carbocycles. The number of carbonyl (C=O) groups is 1. The van der Waals surface area contributed by atoms with Crippen LogP contribution in [0.1, 0.15) is 28.8 Å². The fourth-order valence-corrected chi connectivity index (χ4v) is 3.50. The lowest BCUT2D eigenvalue weighted by Crippen LogP contribution is -2.34. The number of anilines is 1. The number of alkyl halides is 3. The fraction of sp³-hybridized carbons (Fsp3) is 0.350. The lowest BCUT2D eigenvalue weighted by molar-refractivity contribution is -0.137. The van der Waals surface area contributed by atoms with Crippen LogP contribution in [-0.2, 0) is 10.9 Å². The van der Waals surface area contributed by atoms with Crippen molar-refractivity contribution in [2.45, 2.75) is 25.1 Å². The zero-order chi connectivity index (χ0) is 21.2. The van der Waals surface area contributed by atoms with Crippen molar-refractivity contribution in [3.05, 3.63) is 58.4 Å². The highest BCUT2D eigenvalue weighted by Gasteiger charge is 2.31. The van der Waals surface area contributed by atoms with Gasteiger partial charge in [-0.3, -0.25) is 0 Å². The van der Waals surface area contributed by atoms with Gasteiger partial charge in [0.1, 0.15) is 18.2 Å². The number of halogens is 5. The van der Waals surface area contributed by atoms with Gasteiger partial charge in [-0.25, -0.2) is 9.18 Å². The van der Waals surface area contributed by atoms with Gasteiger partial charge < -0.3 is 14.4 Å².